The number of carbonyl (C=O) groups excluding carboxylic acids is 1. The molecule has 2 fully saturated rings. The minimum absolute atomic E-state index is 0.0523. The van der Waals surface area contributed by atoms with Crippen molar-refractivity contribution in [1.29, 1.82) is 0 Å². The molecule has 120 valence electrons. The topological polar surface area (TPSA) is 61.8 Å². The van der Waals surface area contributed by atoms with Crippen molar-refractivity contribution in [3.63, 3.8) is 0 Å². The molecule has 0 aromatic heterocycles. The molecule has 1 atom stereocenters. The number of nitrogens with one attached hydrogen (secondary N) is 1. The van der Waals surface area contributed by atoms with Gasteiger partial charge in [0.15, 0.2) is 0 Å². The second-order valence-corrected chi connectivity index (χ2v) is 6.41. The van der Waals surface area contributed by atoms with Crippen molar-refractivity contribution < 1.29 is 14.6 Å². The van der Waals surface area contributed by atoms with Crippen molar-refractivity contribution in [3.8, 4) is 5.75 Å². The first-order valence-electron chi connectivity index (χ1n) is 7.93. The number of hydrogen-bond donors (Lipinski definition) is 2. The van der Waals surface area contributed by atoms with E-state index in [4.69, 9.17) is 4.74 Å². The molecule has 0 saturated carbocycles. The van der Waals surface area contributed by atoms with Gasteiger partial charge in [0.05, 0.1) is 7.11 Å². The quantitative estimate of drug-likeness (QED) is 0.879. The highest BCUT2D eigenvalue weighted by molar-refractivity contribution is 5.94. The number of carbonyl (C=O) groups is 1. The van der Waals surface area contributed by atoms with Gasteiger partial charge in [-0.15, -0.1) is 0 Å². The molecule has 3 rings (SSSR count). The summed E-state index contributed by atoms with van der Waals surface area (Å²) in [6.45, 7) is 3.51. The van der Waals surface area contributed by atoms with Crippen molar-refractivity contribution in [2.45, 2.75) is 12.8 Å². The Kier molecular flexibility index (Phi) is 4.36. The van der Waals surface area contributed by atoms with Gasteiger partial charge in [-0.25, -0.2) is 0 Å². The van der Waals surface area contributed by atoms with Crippen LogP contribution in [-0.4, -0.2) is 55.8 Å². The summed E-state index contributed by atoms with van der Waals surface area (Å²) < 4.78 is 5.13. The fourth-order valence-electron chi connectivity index (χ4n) is 3.85. The Labute approximate surface area is 131 Å². The van der Waals surface area contributed by atoms with Gasteiger partial charge in [-0.3, -0.25) is 4.79 Å². The molecular weight excluding hydrogens is 280 g/mol. The standard InChI is InChI=1S/C17H24N2O3/c1-22-15-4-2-13(3-5-15)16(21)19-10-14(11-20)17(12-19)6-8-18-9-7-17/h2-5,14,18,20H,6-12H2,1H3. The van der Waals surface area contributed by atoms with E-state index in [1.54, 1.807) is 7.11 Å². The molecule has 22 heavy (non-hydrogen) atoms. The summed E-state index contributed by atoms with van der Waals surface area (Å²) in [4.78, 5) is 14.6. The van der Waals surface area contributed by atoms with Crippen molar-refractivity contribution in [3.05, 3.63) is 29.8 Å². The average Bonchev–Trinajstić information content (AvgIpc) is 2.93. The van der Waals surface area contributed by atoms with Gasteiger partial charge in [0.1, 0.15) is 5.75 Å². The Morgan fingerprint density at radius 3 is 2.64 bits per heavy atom. The van der Waals surface area contributed by atoms with Crippen LogP contribution in [0.1, 0.15) is 23.2 Å². The number of rotatable bonds is 3. The van der Waals surface area contributed by atoms with Crippen molar-refractivity contribution in [2.75, 3.05) is 39.9 Å². The third-order valence-electron chi connectivity index (χ3n) is 5.26. The van der Waals surface area contributed by atoms with Crippen LogP contribution >= 0.6 is 0 Å². The highest BCUT2D eigenvalue weighted by atomic mass is 16.5. The highest BCUT2D eigenvalue weighted by Gasteiger charge is 2.47. The molecule has 1 amide bonds. The predicted octanol–water partition coefficient (Wildman–Crippen LogP) is 1.13. The molecule has 2 aliphatic heterocycles. The molecule has 0 bridgehead atoms. The van der Waals surface area contributed by atoms with Crippen LogP contribution in [0.3, 0.4) is 0 Å². The number of piperidine rings is 1. The third-order valence-corrected chi connectivity index (χ3v) is 5.26. The summed E-state index contributed by atoms with van der Waals surface area (Å²) >= 11 is 0. The average molecular weight is 304 g/mol. The third kappa shape index (κ3) is 2.71. The number of methoxy groups -OCH3 is 1. The smallest absolute Gasteiger partial charge is 0.253 e. The van der Waals surface area contributed by atoms with E-state index in [0.29, 0.717) is 12.1 Å². The number of likely N-dealkylation sites (tertiary alicyclic amines) is 1. The molecule has 2 heterocycles. The van der Waals surface area contributed by atoms with E-state index >= 15 is 0 Å². The maximum Gasteiger partial charge on any atom is 0.253 e. The maximum atomic E-state index is 12.7. The van der Waals surface area contributed by atoms with E-state index < -0.39 is 0 Å². The number of aliphatic hydroxyl groups is 1. The van der Waals surface area contributed by atoms with Gasteiger partial charge in [-0.05, 0) is 55.6 Å². The summed E-state index contributed by atoms with van der Waals surface area (Å²) in [7, 11) is 1.62. The molecule has 1 aromatic carbocycles. The Bertz CT molecular complexity index is 523. The van der Waals surface area contributed by atoms with Gasteiger partial charge in [0.25, 0.3) is 5.91 Å². The van der Waals surface area contributed by atoms with Gasteiger partial charge < -0.3 is 20.1 Å². The molecule has 2 aliphatic rings. The molecule has 0 radical (unpaired) electrons. The van der Waals surface area contributed by atoms with Crippen LogP contribution in [0, 0.1) is 11.3 Å². The van der Waals surface area contributed by atoms with Crippen molar-refractivity contribution in [1.82, 2.24) is 10.2 Å². The molecule has 5 heteroatoms. The van der Waals surface area contributed by atoms with Gasteiger partial charge in [0, 0.05) is 31.2 Å². The number of hydrogen-bond acceptors (Lipinski definition) is 4. The summed E-state index contributed by atoms with van der Waals surface area (Å²) in [5.74, 6) is 0.995. The molecule has 1 spiro atoms. The van der Waals surface area contributed by atoms with E-state index in [2.05, 4.69) is 5.32 Å². The van der Waals surface area contributed by atoms with Crippen LogP contribution in [-0.2, 0) is 0 Å². The molecule has 1 aromatic rings. The normalized spacial score (nSPS) is 23.7. The Balaban J connectivity index is 1.75. The molecule has 2 saturated heterocycles. The van der Waals surface area contributed by atoms with Crippen molar-refractivity contribution >= 4 is 5.91 Å². The van der Waals surface area contributed by atoms with E-state index in [9.17, 15) is 9.90 Å². The Morgan fingerprint density at radius 1 is 1.36 bits per heavy atom. The van der Waals surface area contributed by atoms with Crippen LogP contribution in [0.15, 0.2) is 24.3 Å². The summed E-state index contributed by atoms with van der Waals surface area (Å²) in [5.41, 5.74) is 0.769. The zero-order valence-electron chi connectivity index (χ0n) is 13.0. The van der Waals surface area contributed by atoms with Crippen LogP contribution in [0.25, 0.3) is 0 Å². The van der Waals surface area contributed by atoms with Crippen LogP contribution in [0.2, 0.25) is 0 Å². The zero-order chi connectivity index (χ0) is 15.6. The second kappa shape index (κ2) is 6.26. The monoisotopic (exact) mass is 304 g/mol. The number of nitrogens with zero attached hydrogens (tertiary/aromatic N) is 1. The molecule has 0 aliphatic carbocycles. The highest BCUT2D eigenvalue weighted by Crippen LogP contribution is 2.43. The van der Waals surface area contributed by atoms with E-state index in [0.717, 1.165) is 38.2 Å². The second-order valence-electron chi connectivity index (χ2n) is 6.41. The zero-order valence-corrected chi connectivity index (χ0v) is 13.0. The molecule has 2 N–H and O–H groups in total. The first-order valence-corrected chi connectivity index (χ1v) is 7.93. The van der Waals surface area contributed by atoms with E-state index in [-0.39, 0.29) is 23.8 Å². The first kappa shape index (κ1) is 15.3. The van der Waals surface area contributed by atoms with Gasteiger partial charge >= 0.3 is 0 Å². The summed E-state index contributed by atoms with van der Waals surface area (Å²) in [5, 5.41) is 13.1. The molecule has 1 unspecified atom stereocenters. The van der Waals surface area contributed by atoms with E-state index in [1.165, 1.54) is 0 Å². The number of ether oxygens (including phenoxy) is 1. The van der Waals surface area contributed by atoms with Crippen molar-refractivity contribution in [2.24, 2.45) is 11.3 Å². The minimum atomic E-state index is 0.0523. The minimum Gasteiger partial charge on any atom is -0.497 e. The molecule has 5 nitrogen and oxygen atoms in total. The predicted molar refractivity (Wildman–Crippen MR) is 84.0 cm³/mol. The van der Waals surface area contributed by atoms with Gasteiger partial charge in [0.2, 0.25) is 0 Å². The van der Waals surface area contributed by atoms with E-state index in [1.807, 2.05) is 29.2 Å². The lowest BCUT2D eigenvalue weighted by atomic mass is 9.71. The SMILES string of the molecule is COc1ccc(C(=O)N2CC(CO)C3(CCNCC3)C2)cc1. The fraction of sp³-hybridized carbons (Fsp3) is 0.588. The number of amides is 1. The van der Waals surface area contributed by atoms with Crippen LogP contribution in [0.4, 0.5) is 0 Å². The number of aliphatic hydroxyl groups excluding tert-OH is 1. The van der Waals surface area contributed by atoms with Gasteiger partial charge in [-0.1, -0.05) is 0 Å². The largest absolute Gasteiger partial charge is 0.497 e. The lowest BCUT2D eigenvalue weighted by Crippen LogP contribution is -2.43. The van der Waals surface area contributed by atoms with Crippen LogP contribution in [0.5, 0.6) is 5.75 Å². The first-order chi connectivity index (χ1) is 10.7. The van der Waals surface area contributed by atoms with Gasteiger partial charge in [-0.2, -0.15) is 0 Å². The lowest BCUT2D eigenvalue weighted by Gasteiger charge is -2.37. The summed E-state index contributed by atoms with van der Waals surface area (Å²) in [6.07, 6.45) is 2.06. The maximum absolute atomic E-state index is 12.7. The summed E-state index contributed by atoms with van der Waals surface area (Å²) in [6, 6.07) is 7.24. The fourth-order valence-corrected chi connectivity index (χ4v) is 3.85. The Morgan fingerprint density at radius 2 is 2.05 bits per heavy atom. The Hall–Kier alpha value is -1.59. The van der Waals surface area contributed by atoms with Crippen LogP contribution < -0.4 is 10.1 Å². The number of benzene rings is 1. The lowest BCUT2D eigenvalue weighted by molar-refractivity contribution is 0.0756. The molecular formula is C17H24N2O3.